The Morgan fingerprint density at radius 3 is 2.59 bits per heavy atom. The first-order chi connectivity index (χ1) is 7.84. The highest BCUT2D eigenvalue weighted by atomic mass is 32.1. The number of carbonyl (C=O) groups excluding carboxylic acids is 1. The van der Waals surface area contributed by atoms with Crippen molar-refractivity contribution in [2.24, 2.45) is 5.41 Å². The van der Waals surface area contributed by atoms with Gasteiger partial charge in [-0.1, -0.05) is 20.8 Å². The molecule has 0 aliphatic carbocycles. The van der Waals surface area contributed by atoms with E-state index in [1.54, 1.807) is 11.3 Å². The SMILES string of the molecule is CCOC(C(=O)Cc1csc(C)n1)C(C)(C)C. The summed E-state index contributed by atoms with van der Waals surface area (Å²) in [6.07, 6.45) is 0.0150. The lowest BCUT2D eigenvalue weighted by atomic mass is 9.85. The van der Waals surface area contributed by atoms with Crippen LogP contribution in [0.3, 0.4) is 0 Å². The Kier molecular flexibility index (Phi) is 4.83. The van der Waals surface area contributed by atoms with Crippen LogP contribution in [0.4, 0.5) is 0 Å². The van der Waals surface area contributed by atoms with Crippen LogP contribution in [0.2, 0.25) is 0 Å². The summed E-state index contributed by atoms with van der Waals surface area (Å²) in [4.78, 5) is 16.5. The molecule has 1 aromatic heterocycles. The number of Topliss-reactive ketones (excluding diaryl/α,β-unsaturated/α-hetero) is 1. The molecule has 0 aromatic carbocycles. The molecule has 1 unspecified atom stereocenters. The van der Waals surface area contributed by atoms with Crippen LogP contribution >= 0.6 is 11.3 Å². The number of hydrogen-bond acceptors (Lipinski definition) is 4. The maximum atomic E-state index is 12.2. The van der Waals surface area contributed by atoms with Crippen LogP contribution in [0.15, 0.2) is 5.38 Å². The first-order valence-corrected chi connectivity index (χ1v) is 6.78. The molecule has 0 bridgehead atoms. The molecule has 0 spiro atoms. The van der Waals surface area contributed by atoms with Crippen LogP contribution in [0, 0.1) is 12.3 Å². The fourth-order valence-corrected chi connectivity index (χ4v) is 2.37. The lowest BCUT2D eigenvalue weighted by Crippen LogP contribution is -2.38. The monoisotopic (exact) mass is 255 g/mol. The summed E-state index contributed by atoms with van der Waals surface area (Å²) in [5, 5.41) is 2.94. The van der Waals surface area contributed by atoms with E-state index in [-0.39, 0.29) is 17.3 Å². The summed E-state index contributed by atoms with van der Waals surface area (Å²) < 4.78 is 5.57. The van der Waals surface area contributed by atoms with Crippen molar-refractivity contribution in [1.82, 2.24) is 4.98 Å². The Balaban J connectivity index is 2.72. The van der Waals surface area contributed by atoms with Gasteiger partial charge in [0.05, 0.1) is 17.1 Å². The maximum absolute atomic E-state index is 12.2. The smallest absolute Gasteiger partial charge is 0.168 e. The summed E-state index contributed by atoms with van der Waals surface area (Å²) in [6.45, 7) is 10.5. The van der Waals surface area contributed by atoms with Crippen molar-refractivity contribution in [3.8, 4) is 0 Å². The molecule has 0 fully saturated rings. The standard InChI is InChI=1S/C13H21NO2S/c1-6-16-12(13(3,4)5)11(15)7-10-8-17-9(2)14-10/h8,12H,6-7H2,1-5H3. The molecule has 0 aliphatic rings. The lowest BCUT2D eigenvalue weighted by Gasteiger charge is -2.28. The molecule has 3 nitrogen and oxygen atoms in total. The van der Waals surface area contributed by atoms with Crippen LogP contribution in [0.5, 0.6) is 0 Å². The maximum Gasteiger partial charge on any atom is 0.168 e. The number of carbonyl (C=O) groups is 1. The first-order valence-electron chi connectivity index (χ1n) is 5.90. The molecule has 1 aromatic rings. The second-order valence-electron chi connectivity index (χ2n) is 5.20. The third kappa shape index (κ3) is 4.21. The Morgan fingerprint density at radius 2 is 2.18 bits per heavy atom. The van der Waals surface area contributed by atoms with Crippen molar-refractivity contribution in [2.75, 3.05) is 6.61 Å². The summed E-state index contributed by atoms with van der Waals surface area (Å²) >= 11 is 1.57. The quantitative estimate of drug-likeness (QED) is 0.812. The van der Waals surface area contributed by atoms with Crippen LogP contribution in [0.1, 0.15) is 38.4 Å². The summed E-state index contributed by atoms with van der Waals surface area (Å²) in [7, 11) is 0. The van der Waals surface area contributed by atoms with Gasteiger partial charge in [0, 0.05) is 12.0 Å². The van der Waals surface area contributed by atoms with Crippen molar-refractivity contribution in [3.05, 3.63) is 16.1 Å². The zero-order valence-electron chi connectivity index (χ0n) is 11.2. The third-order valence-electron chi connectivity index (χ3n) is 2.43. The van der Waals surface area contributed by atoms with E-state index in [9.17, 15) is 4.79 Å². The van der Waals surface area contributed by atoms with E-state index in [2.05, 4.69) is 4.98 Å². The largest absolute Gasteiger partial charge is 0.370 e. The Morgan fingerprint density at radius 1 is 1.53 bits per heavy atom. The van der Waals surface area contributed by atoms with E-state index >= 15 is 0 Å². The van der Waals surface area contributed by atoms with E-state index in [0.29, 0.717) is 13.0 Å². The minimum absolute atomic E-state index is 0.115. The van der Waals surface area contributed by atoms with Crippen LogP contribution < -0.4 is 0 Å². The fourth-order valence-electron chi connectivity index (χ4n) is 1.75. The molecular weight excluding hydrogens is 234 g/mol. The van der Waals surface area contributed by atoms with Gasteiger partial charge in [0.25, 0.3) is 0 Å². The number of hydrogen-bond donors (Lipinski definition) is 0. The second-order valence-corrected chi connectivity index (χ2v) is 6.26. The topological polar surface area (TPSA) is 39.2 Å². The molecule has 17 heavy (non-hydrogen) atoms. The van der Waals surface area contributed by atoms with Gasteiger partial charge < -0.3 is 4.74 Å². The number of aromatic nitrogens is 1. The van der Waals surface area contributed by atoms with Crippen LogP contribution in [-0.2, 0) is 16.0 Å². The average Bonchev–Trinajstić information content (AvgIpc) is 2.58. The van der Waals surface area contributed by atoms with E-state index in [1.807, 2.05) is 40.0 Å². The van der Waals surface area contributed by atoms with Gasteiger partial charge in [0.15, 0.2) is 5.78 Å². The van der Waals surface area contributed by atoms with Gasteiger partial charge in [-0.2, -0.15) is 0 Å². The van der Waals surface area contributed by atoms with E-state index in [1.165, 1.54) is 0 Å². The van der Waals surface area contributed by atoms with Gasteiger partial charge in [0.1, 0.15) is 6.10 Å². The molecule has 0 radical (unpaired) electrons. The minimum Gasteiger partial charge on any atom is -0.370 e. The highest BCUT2D eigenvalue weighted by Crippen LogP contribution is 2.24. The normalized spacial score (nSPS) is 13.7. The molecule has 0 amide bonds. The first kappa shape index (κ1) is 14.3. The van der Waals surface area contributed by atoms with Crippen molar-refractivity contribution in [2.45, 2.75) is 47.1 Å². The third-order valence-corrected chi connectivity index (χ3v) is 3.26. The van der Waals surface area contributed by atoms with Gasteiger partial charge in [-0.15, -0.1) is 11.3 Å². The van der Waals surface area contributed by atoms with Gasteiger partial charge in [-0.05, 0) is 19.3 Å². The molecular formula is C13H21NO2S. The van der Waals surface area contributed by atoms with Gasteiger partial charge in [0.2, 0.25) is 0 Å². The van der Waals surface area contributed by atoms with Gasteiger partial charge in [-0.3, -0.25) is 4.79 Å². The lowest BCUT2D eigenvalue weighted by molar-refractivity contribution is -0.136. The van der Waals surface area contributed by atoms with Crippen molar-refractivity contribution >= 4 is 17.1 Å². The summed E-state index contributed by atoms with van der Waals surface area (Å²) in [5.74, 6) is 0.115. The highest BCUT2D eigenvalue weighted by molar-refractivity contribution is 7.09. The van der Waals surface area contributed by atoms with Gasteiger partial charge >= 0.3 is 0 Å². The summed E-state index contributed by atoms with van der Waals surface area (Å²) in [6, 6.07) is 0. The van der Waals surface area contributed by atoms with E-state index < -0.39 is 0 Å². The predicted molar refractivity (Wildman–Crippen MR) is 70.4 cm³/mol. The molecule has 1 atom stereocenters. The van der Waals surface area contributed by atoms with Crippen LogP contribution in [-0.4, -0.2) is 23.5 Å². The Bertz CT molecular complexity index is 379. The molecule has 0 aliphatic heterocycles. The van der Waals surface area contributed by atoms with Crippen LogP contribution in [0.25, 0.3) is 0 Å². The Hall–Kier alpha value is -0.740. The second kappa shape index (κ2) is 5.74. The van der Waals surface area contributed by atoms with Crippen molar-refractivity contribution in [1.29, 1.82) is 0 Å². The average molecular weight is 255 g/mol. The van der Waals surface area contributed by atoms with E-state index in [0.717, 1.165) is 10.7 Å². The molecule has 0 saturated heterocycles. The highest BCUT2D eigenvalue weighted by Gasteiger charge is 2.31. The van der Waals surface area contributed by atoms with Gasteiger partial charge in [-0.25, -0.2) is 4.98 Å². The molecule has 4 heteroatoms. The minimum atomic E-state index is -0.352. The predicted octanol–water partition coefficient (Wildman–Crippen LogP) is 3.01. The molecule has 0 saturated carbocycles. The Labute approximate surface area is 107 Å². The van der Waals surface area contributed by atoms with Crippen molar-refractivity contribution < 1.29 is 9.53 Å². The number of aryl methyl sites for hydroxylation is 1. The molecule has 0 N–H and O–H groups in total. The number of thiazole rings is 1. The molecule has 1 rings (SSSR count). The zero-order chi connectivity index (χ0) is 13.1. The number of ketones is 1. The fraction of sp³-hybridized carbons (Fsp3) is 0.692. The van der Waals surface area contributed by atoms with E-state index in [4.69, 9.17) is 4.74 Å². The number of rotatable bonds is 5. The summed E-state index contributed by atoms with van der Waals surface area (Å²) in [5.41, 5.74) is 0.685. The molecule has 96 valence electrons. The molecule has 1 heterocycles. The van der Waals surface area contributed by atoms with Crippen molar-refractivity contribution in [3.63, 3.8) is 0 Å². The number of nitrogens with zero attached hydrogens (tertiary/aromatic N) is 1. The zero-order valence-corrected chi connectivity index (χ0v) is 12.1. The number of ether oxygens (including phenoxy) is 1.